The van der Waals surface area contributed by atoms with Crippen LogP contribution in [0.1, 0.15) is 53.5 Å². The quantitative estimate of drug-likeness (QED) is 0.760. The Labute approximate surface area is 178 Å². The summed E-state index contributed by atoms with van der Waals surface area (Å²) in [4.78, 5) is 15.2. The summed E-state index contributed by atoms with van der Waals surface area (Å²) in [5.41, 5.74) is 6.54. The van der Waals surface area contributed by atoms with Crippen LogP contribution in [0, 0.1) is 0 Å². The van der Waals surface area contributed by atoms with Crippen LogP contribution in [0.4, 0.5) is 5.69 Å². The molecule has 0 bridgehead atoms. The molecule has 0 radical (unpaired) electrons. The lowest BCUT2D eigenvalue weighted by atomic mass is 9.93. The summed E-state index contributed by atoms with van der Waals surface area (Å²) in [7, 11) is 0. The molecule has 1 amide bonds. The number of ether oxygens (including phenoxy) is 1. The molecule has 0 unspecified atom stereocenters. The molecule has 1 aliphatic carbocycles. The normalized spacial score (nSPS) is 20.3. The maximum atomic E-state index is 12.8. The molecule has 1 fully saturated rings. The SMILES string of the molecule is CCc1c(C=C2C(=O)Nc3ccc(CCN4CCOCC4)cc32)oc2c1CCCC2. The van der Waals surface area contributed by atoms with Gasteiger partial charge in [-0.15, -0.1) is 0 Å². The molecule has 1 N–H and O–H groups in total. The predicted octanol–water partition coefficient (Wildman–Crippen LogP) is 4.09. The summed E-state index contributed by atoms with van der Waals surface area (Å²) in [5.74, 6) is 1.97. The Bertz CT molecular complexity index is 983. The zero-order valence-corrected chi connectivity index (χ0v) is 17.8. The Kier molecular flexibility index (Phi) is 5.48. The molecule has 0 atom stereocenters. The average molecular weight is 407 g/mol. The fourth-order valence-electron chi connectivity index (χ4n) is 4.93. The summed E-state index contributed by atoms with van der Waals surface area (Å²) in [6.45, 7) is 6.84. The summed E-state index contributed by atoms with van der Waals surface area (Å²) < 4.78 is 11.7. The molecule has 1 saturated heterocycles. The monoisotopic (exact) mass is 406 g/mol. The van der Waals surface area contributed by atoms with Gasteiger partial charge in [0.2, 0.25) is 0 Å². The Morgan fingerprint density at radius 3 is 2.83 bits per heavy atom. The molecule has 158 valence electrons. The zero-order valence-electron chi connectivity index (χ0n) is 17.8. The highest BCUT2D eigenvalue weighted by atomic mass is 16.5. The van der Waals surface area contributed by atoms with E-state index in [-0.39, 0.29) is 5.91 Å². The molecule has 5 rings (SSSR count). The van der Waals surface area contributed by atoms with E-state index in [2.05, 4.69) is 29.3 Å². The fourth-order valence-corrected chi connectivity index (χ4v) is 4.93. The first kappa shape index (κ1) is 19.6. The lowest BCUT2D eigenvalue weighted by Crippen LogP contribution is -2.37. The second-order valence-corrected chi connectivity index (χ2v) is 8.50. The highest BCUT2D eigenvalue weighted by Crippen LogP contribution is 2.37. The van der Waals surface area contributed by atoms with Gasteiger partial charge < -0.3 is 14.5 Å². The third kappa shape index (κ3) is 3.72. The van der Waals surface area contributed by atoms with E-state index in [4.69, 9.17) is 9.15 Å². The molecule has 1 aromatic carbocycles. The van der Waals surface area contributed by atoms with E-state index in [1.54, 1.807) is 0 Å². The van der Waals surface area contributed by atoms with E-state index in [1.807, 2.05) is 12.1 Å². The number of furan rings is 1. The summed E-state index contributed by atoms with van der Waals surface area (Å²) in [5, 5.41) is 3.02. The number of rotatable bonds is 5. The molecule has 30 heavy (non-hydrogen) atoms. The Balaban J connectivity index is 1.42. The highest BCUT2D eigenvalue weighted by molar-refractivity contribution is 6.34. The first-order chi connectivity index (χ1) is 14.7. The van der Waals surface area contributed by atoms with Crippen molar-refractivity contribution in [3.63, 3.8) is 0 Å². The number of hydrogen-bond acceptors (Lipinski definition) is 4. The number of carbonyl (C=O) groups is 1. The van der Waals surface area contributed by atoms with Crippen LogP contribution in [0.25, 0.3) is 11.6 Å². The molecule has 2 aromatic rings. The van der Waals surface area contributed by atoms with Crippen LogP contribution in [0.2, 0.25) is 0 Å². The number of nitrogens with one attached hydrogen (secondary N) is 1. The van der Waals surface area contributed by atoms with E-state index in [0.717, 1.165) is 86.9 Å². The molecule has 5 nitrogen and oxygen atoms in total. The van der Waals surface area contributed by atoms with Gasteiger partial charge in [-0.2, -0.15) is 0 Å². The lowest BCUT2D eigenvalue weighted by Gasteiger charge is -2.26. The van der Waals surface area contributed by atoms with Crippen molar-refractivity contribution in [2.45, 2.75) is 45.4 Å². The third-order valence-corrected chi connectivity index (χ3v) is 6.63. The number of carbonyl (C=O) groups excluding carboxylic acids is 1. The average Bonchev–Trinajstić information content (AvgIpc) is 3.29. The Hall–Kier alpha value is -2.37. The summed E-state index contributed by atoms with van der Waals surface area (Å²) in [6.07, 6.45) is 8.42. The van der Waals surface area contributed by atoms with Gasteiger partial charge in [-0.05, 0) is 61.4 Å². The van der Waals surface area contributed by atoms with E-state index < -0.39 is 0 Å². The van der Waals surface area contributed by atoms with E-state index in [1.165, 1.54) is 29.5 Å². The molecule has 2 aliphatic heterocycles. The zero-order chi connectivity index (χ0) is 20.5. The minimum Gasteiger partial charge on any atom is -0.461 e. The molecular weight excluding hydrogens is 376 g/mol. The Morgan fingerprint density at radius 1 is 1.17 bits per heavy atom. The molecule has 0 saturated carbocycles. The van der Waals surface area contributed by atoms with Gasteiger partial charge in [-0.25, -0.2) is 0 Å². The predicted molar refractivity (Wildman–Crippen MR) is 119 cm³/mol. The van der Waals surface area contributed by atoms with E-state index in [0.29, 0.717) is 0 Å². The van der Waals surface area contributed by atoms with Crippen LogP contribution in [0.15, 0.2) is 22.6 Å². The van der Waals surface area contributed by atoms with Crippen molar-refractivity contribution in [2.75, 3.05) is 38.2 Å². The van der Waals surface area contributed by atoms with Gasteiger partial charge in [-0.3, -0.25) is 9.69 Å². The number of fused-ring (bicyclic) bond motifs is 2. The van der Waals surface area contributed by atoms with Crippen LogP contribution in [0.3, 0.4) is 0 Å². The van der Waals surface area contributed by atoms with Crippen molar-refractivity contribution in [1.82, 2.24) is 4.90 Å². The first-order valence-electron chi connectivity index (χ1n) is 11.3. The number of anilines is 1. The number of benzene rings is 1. The molecule has 1 aromatic heterocycles. The van der Waals surface area contributed by atoms with Crippen LogP contribution in [0.5, 0.6) is 0 Å². The standard InChI is InChI=1S/C25H30N2O3/c1-2-18-19-5-3-4-6-23(19)30-24(18)16-21-20-15-17(7-8-22(20)26-25(21)28)9-10-27-11-13-29-14-12-27/h7-8,15-16H,2-6,9-14H2,1H3,(H,26,28). The number of morpholine rings is 1. The number of nitrogens with zero attached hydrogens (tertiary/aromatic N) is 1. The van der Waals surface area contributed by atoms with Gasteiger partial charge in [0.15, 0.2) is 0 Å². The summed E-state index contributed by atoms with van der Waals surface area (Å²) >= 11 is 0. The fraction of sp³-hybridized carbons (Fsp3) is 0.480. The van der Waals surface area contributed by atoms with Crippen LogP contribution in [-0.2, 0) is 35.2 Å². The minimum atomic E-state index is -0.0354. The van der Waals surface area contributed by atoms with Crippen molar-refractivity contribution >= 4 is 23.2 Å². The highest BCUT2D eigenvalue weighted by Gasteiger charge is 2.27. The van der Waals surface area contributed by atoms with Crippen molar-refractivity contribution in [3.8, 4) is 0 Å². The minimum absolute atomic E-state index is 0.0354. The number of aryl methyl sites for hydroxylation is 1. The smallest absolute Gasteiger partial charge is 0.256 e. The van der Waals surface area contributed by atoms with Gasteiger partial charge in [0.05, 0.1) is 18.8 Å². The topological polar surface area (TPSA) is 54.7 Å². The van der Waals surface area contributed by atoms with Gasteiger partial charge in [-0.1, -0.05) is 13.0 Å². The van der Waals surface area contributed by atoms with Crippen LogP contribution < -0.4 is 5.32 Å². The molecule has 0 spiro atoms. The van der Waals surface area contributed by atoms with Crippen LogP contribution in [-0.4, -0.2) is 43.7 Å². The van der Waals surface area contributed by atoms with E-state index in [9.17, 15) is 4.79 Å². The van der Waals surface area contributed by atoms with Gasteiger partial charge in [0, 0.05) is 42.9 Å². The third-order valence-electron chi connectivity index (χ3n) is 6.63. The summed E-state index contributed by atoms with van der Waals surface area (Å²) in [6, 6.07) is 6.34. The maximum Gasteiger partial charge on any atom is 0.256 e. The van der Waals surface area contributed by atoms with Crippen molar-refractivity contribution in [3.05, 3.63) is 52.0 Å². The van der Waals surface area contributed by atoms with Crippen molar-refractivity contribution in [2.24, 2.45) is 0 Å². The van der Waals surface area contributed by atoms with Crippen LogP contribution >= 0.6 is 0 Å². The molecule has 3 heterocycles. The van der Waals surface area contributed by atoms with Gasteiger partial charge in [0.25, 0.3) is 5.91 Å². The largest absolute Gasteiger partial charge is 0.461 e. The Morgan fingerprint density at radius 2 is 2.00 bits per heavy atom. The first-order valence-corrected chi connectivity index (χ1v) is 11.3. The van der Waals surface area contributed by atoms with Gasteiger partial charge >= 0.3 is 0 Å². The van der Waals surface area contributed by atoms with Crippen molar-refractivity contribution < 1.29 is 13.9 Å². The van der Waals surface area contributed by atoms with Gasteiger partial charge in [0.1, 0.15) is 11.5 Å². The van der Waals surface area contributed by atoms with Crippen molar-refractivity contribution in [1.29, 1.82) is 0 Å². The second kappa shape index (κ2) is 8.40. The second-order valence-electron chi connectivity index (χ2n) is 8.50. The van der Waals surface area contributed by atoms with E-state index >= 15 is 0 Å². The molecular formula is C25H30N2O3. The molecule has 3 aliphatic rings. The maximum absolute atomic E-state index is 12.8. The molecule has 5 heteroatoms. The lowest BCUT2D eigenvalue weighted by molar-refractivity contribution is -0.110. The number of amides is 1. The number of hydrogen-bond donors (Lipinski definition) is 1.